The van der Waals surface area contributed by atoms with Crippen LogP contribution in [0.2, 0.25) is 0 Å². The molecular formula is C16H28N4. The van der Waals surface area contributed by atoms with Crippen molar-refractivity contribution < 1.29 is 0 Å². The Labute approximate surface area is 122 Å². The molecule has 1 heterocycles. The zero-order chi connectivity index (χ0) is 14.2. The second-order valence-corrected chi connectivity index (χ2v) is 5.80. The summed E-state index contributed by atoms with van der Waals surface area (Å²) in [4.78, 5) is 8.96. The van der Waals surface area contributed by atoms with E-state index < -0.39 is 0 Å². The van der Waals surface area contributed by atoms with E-state index in [2.05, 4.69) is 27.5 Å². The largest absolute Gasteiger partial charge is 0.370 e. The molecule has 0 spiro atoms. The smallest absolute Gasteiger partial charge is 0.132 e. The van der Waals surface area contributed by atoms with Gasteiger partial charge in [-0.3, -0.25) is 0 Å². The first-order valence-electron chi connectivity index (χ1n) is 8.14. The minimum Gasteiger partial charge on any atom is -0.370 e. The fraction of sp³-hybridized carbons (Fsp3) is 0.750. The summed E-state index contributed by atoms with van der Waals surface area (Å²) < 4.78 is 0. The molecule has 112 valence electrons. The summed E-state index contributed by atoms with van der Waals surface area (Å²) in [6, 6.07) is 2.62. The molecule has 1 aliphatic carbocycles. The third-order valence-corrected chi connectivity index (χ3v) is 3.85. The lowest BCUT2D eigenvalue weighted by atomic mass is 9.97. The topological polar surface area (TPSA) is 49.8 Å². The minimum absolute atomic E-state index is 0.573. The number of aryl methyl sites for hydroxylation is 1. The number of rotatable bonds is 5. The van der Waals surface area contributed by atoms with Crippen molar-refractivity contribution in [2.24, 2.45) is 0 Å². The minimum atomic E-state index is 0.573. The Bertz CT molecular complexity index is 397. The molecule has 4 nitrogen and oxygen atoms in total. The lowest BCUT2D eigenvalue weighted by Crippen LogP contribution is -2.21. The predicted molar refractivity (Wildman–Crippen MR) is 85.3 cm³/mol. The number of hydrogen-bond acceptors (Lipinski definition) is 4. The van der Waals surface area contributed by atoms with Crippen LogP contribution in [0.15, 0.2) is 6.07 Å². The van der Waals surface area contributed by atoms with E-state index in [0.717, 1.165) is 30.4 Å². The highest BCUT2D eigenvalue weighted by atomic mass is 15.1. The molecule has 0 aromatic carbocycles. The Morgan fingerprint density at radius 3 is 2.40 bits per heavy atom. The van der Waals surface area contributed by atoms with Crippen LogP contribution in [-0.2, 0) is 0 Å². The van der Waals surface area contributed by atoms with Gasteiger partial charge in [-0.15, -0.1) is 0 Å². The van der Waals surface area contributed by atoms with Gasteiger partial charge in [-0.2, -0.15) is 0 Å². The Balaban J connectivity index is 1.97. The summed E-state index contributed by atoms with van der Waals surface area (Å²) in [7, 11) is 0. The predicted octanol–water partition coefficient (Wildman–Crippen LogP) is 4.13. The highest BCUT2D eigenvalue weighted by Crippen LogP contribution is 2.21. The zero-order valence-electron chi connectivity index (χ0n) is 12.9. The molecule has 0 atom stereocenters. The summed E-state index contributed by atoms with van der Waals surface area (Å²) in [6.45, 7) is 5.08. The normalized spacial score (nSPS) is 17.3. The maximum atomic E-state index is 4.53. The molecule has 0 saturated heterocycles. The molecule has 2 rings (SSSR count). The van der Waals surface area contributed by atoms with Crippen molar-refractivity contribution in [3.8, 4) is 0 Å². The van der Waals surface area contributed by atoms with Crippen LogP contribution in [0, 0.1) is 6.92 Å². The highest BCUT2D eigenvalue weighted by Gasteiger charge is 2.12. The highest BCUT2D eigenvalue weighted by molar-refractivity contribution is 5.48. The average Bonchev–Trinajstić information content (AvgIpc) is 2.39. The SMILES string of the molecule is CCCNc1cc(NC2CCCCCCC2)nc(C)n1. The van der Waals surface area contributed by atoms with Gasteiger partial charge in [0.05, 0.1) is 0 Å². The van der Waals surface area contributed by atoms with E-state index in [1.54, 1.807) is 0 Å². The molecule has 1 saturated carbocycles. The van der Waals surface area contributed by atoms with Crippen LogP contribution in [0.4, 0.5) is 11.6 Å². The van der Waals surface area contributed by atoms with E-state index in [0.29, 0.717) is 6.04 Å². The van der Waals surface area contributed by atoms with Gasteiger partial charge in [-0.25, -0.2) is 9.97 Å². The van der Waals surface area contributed by atoms with Crippen LogP contribution in [0.1, 0.15) is 64.1 Å². The van der Waals surface area contributed by atoms with Crippen molar-refractivity contribution in [1.29, 1.82) is 0 Å². The molecule has 0 amide bonds. The lowest BCUT2D eigenvalue weighted by Gasteiger charge is -2.22. The monoisotopic (exact) mass is 276 g/mol. The van der Waals surface area contributed by atoms with Crippen LogP contribution in [0.25, 0.3) is 0 Å². The first-order valence-corrected chi connectivity index (χ1v) is 8.14. The van der Waals surface area contributed by atoms with E-state index in [9.17, 15) is 0 Å². The Morgan fingerprint density at radius 2 is 1.70 bits per heavy atom. The van der Waals surface area contributed by atoms with Crippen molar-refractivity contribution in [2.75, 3.05) is 17.2 Å². The third kappa shape index (κ3) is 4.99. The molecule has 1 aliphatic rings. The second kappa shape index (κ2) is 8.08. The third-order valence-electron chi connectivity index (χ3n) is 3.85. The van der Waals surface area contributed by atoms with Gasteiger partial charge in [-0.05, 0) is 26.2 Å². The summed E-state index contributed by atoms with van der Waals surface area (Å²) in [5.41, 5.74) is 0. The summed E-state index contributed by atoms with van der Waals surface area (Å²) in [5.74, 6) is 2.74. The van der Waals surface area contributed by atoms with Gasteiger partial charge in [0.1, 0.15) is 17.5 Å². The first-order chi connectivity index (χ1) is 9.78. The van der Waals surface area contributed by atoms with Crippen molar-refractivity contribution in [1.82, 2.24) is 9.97 Å². The van der Waals surface area contributed by atoms with Crippen LogP contribution in [-0.4, -0.2) is 22.6 Å². The molecule has 0 radical (unpaired) electrons. The van der Waals surface area contributed by atoms with Gasteiger partial charge < -0.3 is 10.6 Å². The van der Waals surface area contributed by atoms with E-state index >= 15 is 0 Å². The van der Waals surface area contributed by atoms with Crippen molar-refractivity contribution in [3.05, 3.63) is 11.9 Å². The van der Waals surface area contributed by atoms with Crippen molar-refractivity contribution in [3.63, 3.8) is 0 Å². The molecular weight excluding hydrogens is 248 g/mol. The van der Waals surface area contributed by atoms with E-state index in [4.69, 9.17) is 0 Å². The number of nitrogens with one attached hydrogen (secondary N) is 2. The fourth-order valence-corrected chi connectivity index (χ4v) is 2.79. The molecule has 1 fully saturated rings. The van der Waals surface area contributed by atoms with Crippen LogP contribution < -0.4 is 10.6 Å². The van der Waals surface area contributed by atoms with Gasteiger partial charge in [-0.1, -0.05) is 39.0 Å². The van der Waals surface area contributed by atoms with Gasteiger partial charge in [0, 0.05) is 18.7 Å². The van der Waals surface area contributed by atoms with E-state index in [1.807, 2.05) is 13.0 Å². The molecule has 2 N–H and O–H groups in total. The fourth-order valence-electron chi connectivity index (χ4n) is 2.79. The maximum absolute atomic E-state index is 4.53. The summed E-state index contributed by atoms with van der Waals surface area (Å²) in [5, 5.41) is 6.96. The lowest BCUT2D eigenvalue weighted by molar-refractivity contribution is 0.470. The summed E-state index contributed by atoms with van der Waals surface area (Å²) >= 11 is 0. The standard InChI is InChI=1S/C16H28N4/c1-3-11-17-15-12-16(19-13(2)18-15)20-14-9-7-5-4-6-8-10-14/h12,14H,3-11H2,1-2H3,(H2,17,18,19,20). The second-order valence-electron chi connectivity index (χ2n) is 5.80. The molecule has 0 unspecified atom stereocenters. The van der Waals surface area contributed by atoms with Crippen LogP contribution >= 0.6 is 0 Å². The number of aromatic nitrogens is 2. The molecule has 4 heteroatoms. The molecule has 0 bridgehead atoms. The number of anilines is 2. The Kier molecular flexibility index (Phi) is 6.09. The maximum Gasteiger partial charge on any atom is 0.132 e. The molecule has 1 aromatic heterocycles. The Hall–Kier alpha value is -1.32. The van der Waals surface area contributed by atoms with Gasteiger partial charge in [0.25, 0.3) is 0 Å². The number of hydrogen-bond donors (Lipinski definition) is 2. The average molecular weight is 276 g/mol. The summed E-state index contributed by atoms with van der Waals surface area (Å²) in [6.07, 6.45) is 10.5. The van der Waals surface area contributed by atoms with Crippen LogP contribution in [0.5, 0.6) is 0 Å². The molecule has 0 aliphatic heterocycles. The van der Waals surface area contributed by atoms with Crippen LogP contribution in [0.3, 0.4) is 0 Å². The molecule has 20 heavy (non-hydrogen) atoms. The van der Waals surface area contributed by atoms with E-state index in [-0.39, 0.29) is 0 Å². The Morgan fingerprint density at radius 1 is 1.05 bits per heavy atom. The van der Waals surface area contributed by atoms with Gasteiger partial charge >= 0.3 is 0 Å². The van der Waals surface area contributed by atoms with Gasteiger partial charge in [0.2, 0.25) is 0 Å². The van der Waals surface area contributed by atoms with Crippen molar-refractivity contribution in [2.45, 2.75) is 71.3 Å². The van der Waals surface area contributed by atoms with E-state index in [1.165, 1.54) is 44.9 Å². The van der Waals surface area contributed by atoms with Gasteiger partial charge in [0.15, 0.2) is 0 Å². The molecule has 1 aromatic rings. The first kappa shape index (κ1) is 15.1. The van der Waals surface area contributed by atoms with Crippen molar-refractivity contribution >= 4 is 11.6 Å². The zero-order valence-corrected chi connectivity index (χ0v) is 12.9. The quantitative estimate of drug-likeness (QED) is 0.849. The number of nitrogens with zero attached hydrogens (tertiary/aromatic N) is 2.